The number of piperidine rings is 1. The molecular weight excluding hydrogens is 251 g/mol. The number of halogens is 2. The highest BCUT2D eigenvalue weighted by Gasteiger charge is 2.28. The van der Waals surface area contributed by atoms with Crippen molar-refractivity contribution >= 4 is 23.0 Å². The Morgan fingerprint density at radius 3 is 2.83 bits per heavy atom. The predicted molar refractivity (Wildman–Crippen MR) is 75.6 cm³/mol. The lowest BCUT2D eigenvalue weighted by molar-refractivity contribution is 0.356. The molecule has 0 bridgehead atoms. The molecule has 1 aromatic carbocycles. The van der Waals surface area contributed by atoms with Crippen LogP contribution in [0.5, 0.6) is 0 Å². The molecule has 2 atom stereocenters. The van der Waals surface area contributed by atoms with Crippen LogP contribution < -0.4 is 10.6 Å². The van der Waals surface area contributed by atoms with Crippen molar-refractivity contribution in [2.24, 2.45) is 5.92 Å². The van der Waals surface area contributed by atoms with E-state index in [1.165, 1.54) is 12.5 Å². The van der Waals surface area contributed by atoms with E-state index in [1.807, 2.05) is 0 Å². The molecule has 0 radical (unpaired) electrons. The van der Waals surface area contributed by atoms with Crippen molar-refractivity contribution < 1.29 is 4.39 Å². The Kier molecular flexibility index (Phi) is 4.00. The van der Waals surface area contributed by atoms with Crippen molar-refractivity contribution in [1.82, 2.24) is 0 Å². The molecule has 2 N–H and O–H groups in total. The number of hydrogen-bond acceptors (Lipinski definition) is 2. The molecule has 18 heavy (non-hydrogen) atoms. The van der Waals surface area contributed by atoms with Crippen molar-refractivity contribution in [2.45, 2.75) is 39.2 Å². The van der Waals surface area contributed by atoms with Gasteiger partial charge in [0.2, 0.25) is 0 Å². The van der Waals surface area contributed by atoms with Gasteiger partial charge in [0, 0.05) is 12.6 Å². The summed E-state index contributed by atoms with van der Waals surface area (Å²) >= 11 is 5.87. The molecule has 1 aliphatic heterocycles. The molecule has 0 amide bonds. The Bertz CT molecular complexity index is 436. The first kappa shape index (κ1) is 13.5. The second-order valence-electron chi connectivity index (χ2n) is 5.15. The molecule has 2 unspecified atom stereocenters. The van der Waals surface area contributed by atoms with Gasteiger partial charge in [-0.25, -0.2) is 4.39 Å². The van der Waals surface area contributed by atoms with Gasteiger partial charge in [-0.05, 0) is 37.8 Å². The van der Waals surface area contributed by atoms with Gasteiger partial charge in [-0.2, -0.15) is 0 Å². The van der Waals surface area contributed by atoms with Crippen LogP contribution in [0.25, 0.3) is 0 Å². The van der Waals surface area contributed by atoms with E-state index in [0.717, 1.165) is 19.4 Å². The molecule has 0 aliphatic carbocycles. The van der Waals surface area contributed by atoms with Crippen LogP contribution in [-0.4, -0.2) is 12.6 Å². The minimum Gasteiger partial charge on any atom is -0.397 e. The minimum atomic E-state index is -0.389. The Morgan fingerprint density at radius 2 is 2.17 bits per heavy atom. The van der Waals surface area contributed by atoms with Gasteiger partial charge >= 0.3 is 0 Å². The van der Waals surface area contributed by atoms with Crippen LogP contribution in [0.15, 0.2) is 12.1 Å². The second-order valence-corrected chi connectivity index (χ2v) is 5.56. The molecular formula is C14H20ClFN2. The van der Waals surface area contributed by atoms with E-state index in [2.05, 4.69) is 18.7 Å². The summed E-state index contributed by atoms with van der Waals surface area (Å²) in [6, 6.07) is 3.51. The second kappa shape index (κ2) is 5.35. The Morgan fingerprint density at radius 1 is 1.44 bits per heavy atom. The first-order chi connectivity index (χ1) is 8.54. The number of nitrogens with two attached hydrogens (primary N) is 1. The zero-order valence-electron chi connectivity index (χ0n) is 10.9. The Labute approximate surface area is 113 Å². The predicted octanol–water partition coefficient (Wildman–Crippen LogP) is 4.08. The minimum absolute atomic E-state index is 0.144. The zero-order valence-corrected chi connectivity index (χ0v) is 11.7. The normalized spacial score (nSPS) is 24.3. The number of rotatable bonds is 2. The van der Waals surface area contributed by atoms with Gasteiger partial charge in [-0.1, -0.05) is 24.9 Å². The summed E-state index contributed by atoms with van der Waals surface area (Å²) < 4.78 is 14.2. The van der Waals surface area contributed by atoms with Crippen LogP contribution in [0.4, 0.5) is 15.8 Å². The van der Waals surface area contributed by atoms with Crippen molar-refractivity contribution in [3.63, 3.8) is 0 Å². The fourth-order valence-corrected chi connectivity index (χ4v) is 2.83. The molecule has 4 heteroatoms. The summed E-state index contributed by atoms with van der Waals surface area (Å²) in [5.41, 5.74) is 6.88. The maximum absolute atomic E-state index is 14.2. The third-order valence-corrected chi connectivity index (χ3v) is 4.24. The number of anilines is 2. The highest BCUT2D eigenvalue weighted by Crippen LogP contribution is 2.37. The van der Waals surface area contributed by atoms with Gasteiger partial charge in [-0.15, -0.1) is 0 Å². The van der Waals surface area contributed by atoms with E-state index in [9.17, 15) is 4.39 Å². The van der Waals surface area contributed by atoms with E-state index in [-0.39, 0.29) is 10.8 Å². The standard InChI is InChI=1S/C14H20ClFN2/c1-3-10-5-4-9(2)18(8-10)14-12(17)7-6-11(15)13(14)16/h6-7,9-10H,3-5,8,17H2,1-2H3. The summed E-state index contributed by atoms with van der Waals surface area (Å²) in [5.74, 6) is 0.222. The van der Waals surface area contributed by atoms with Crippen molar-refractivity contribution in [3.8, 4) is 0 Å². The average Bonchev–Trinajstić information content (AvgIpc) is 2.36. The summed E-state index contributed by atoms with van der Waals surface area (Å²) in [6.07, 6.45) is 3.39. The van der Waals surface area contributed by atoms with Crippen LogP contribution in [0, 0.1) is 11.7 Å². The van der Waals surface area contributed by atoms with Crippen LogP contribution in [0.1, 0.15) is 33.1 Å². The van der Waals surface area contributed by atoms with Crippen molar-refractivity contribution in [1.29, 1.82) is 0 Å². The van der Waals surface area contributed by atoms with Gasteiger partial charge in [-0.3, -0.25) is 0 Å². The summed E-state index contributed by atoms with van der Waals surface area (Å²) in [6.45, 7) is 5.15. The van der Waals surface area contributed by atoms with Crippen molar-refractivity contribution in [2.75, 3.05) is 17.2 Å². The van der Waals surface area contributed by atoms with E-state index >= 15 is 0 Å². The first-order valence-electron chi connectivity index (χ1n) is 6.54. The summed E-state index contributed by atoms with van der Waals surface area (Å²) in [5, 5.41) is 0.144. The maximum atomic E-state index is 14.2. The third kappa shape index (κ3) is 2.41. The Balaban J connectivity index is 2.37. The lowest BCUT2D eigenvalue weighted by Crippen LogP contribution is -2.42. The molecule has 1 fully saturated rings. The van der Waals surface area contributed by atoms with Crippen LogP contribution in [0.3, 0.4) is 0 Å². The van der Waals surface area contributed by atoms with E-state index in [4.69, 9.17) is 17.3 Å². The first-order valence-corrected chi connectivity index (χ1v) is 6.92. The van der Waals surface area contributed by atoms with Crippen molar-refractivity contribution in [3.05, 3.63) is 23.0 Å². The highest BCUT2D eigenvalue weighted by molar-refractivity contribution is 6.31. The quantitative estimate of drug-likeness (QED) is 0.821. The molecule has 2 rings (SSSR count). The lowest BCUT2D eigenvalue weighted by Gasteiger charge is -2.40. The van der Waals surface area contributed by atoms with Gasteiger partial charge in [0.05, 0.1) is 16.4 Å². The molecule has 1 heterocycles. The SMILES string of the molecule is CCC1CCC(C)N(c2c(N)ccc(Cl)c2F)C1. The van der Waals surface area contributed by atoms with Gasteiger partial charge in [0.15, 0.2) is 5.82 Å². The molecule has 0 aromatic heterocycles. The highest BCUT2D eigenvalue weighted by atomic mass is 35.5. The van der Waals surface area contributed by atoms with E-state index in [0.29, 0.717) is 23.3 Å². The van der Waals surface area contributed by atoms with Gasteiger partial charge in [0.25, 0.3) is 0 Å². The van der Waals surface area contributed by atoms with Crippen LogP contribution >= 0.6 is 11.6 Å². The number of nitrogen functional groups attached to an aromatic ring is 1. The molecule has 0 saturated carbocycles. The van der Waals surface area contributed by atoms with E-state index < -0.39 is 0 Å². The molecule has 2 nitrogen and oxygen atoms in total. The van der Waals surface area contributed by atoms with Gasteiger partial charge < -0.3 is 10.6 Å². The topological polar surface area (TPSA) is 29.3 Å². The molecule has 0 spiro atoms. The van der Waals surface area contributed by atoms with Crippen LogP contribution in [0.2, 0.25) is 5.02 Å². The molecule has 100 valence electrons. The number of nitrogens with zero attached hydrogens (tertiary/aromatic N) is 1. The molecule has 1 aromatic rings. The zero-order chi connectivity index (χ0) is 13.3. The summed E-state index contributed by atoms with van der Waals surface area (Å²) in [4.78, 5) is 2.08. The largest absolute Gasteiger partial charge is 0.397 e. The van der Waals surface area contributed by atoms with Crippen LogP contribution in [-0.2, 0) is 0 Å². The van der Waals surface area contributed by atoms with E-state index in [1.54, 1.807) is 6.07 Å². The third-order valence-electron chi connectivity index (χ3n) is 3.94. The smallest absolute Gasteiger partial charge is 0.167 e. The number of benzene rings is 1. The number of hydrogen-bond donors (Lipinski definition) is 1. The monoisotopic (exact) mass is 270 g/mol. The lowest BCUT2D eigenvalue weighted by atomic mass is 9.91. The molecule has 1 saturated heterocycles. The van der Waals surface area contributed by atoms with Gasteiger partial charge in [0.1, 0.15) is 0 Å². The fraction of sp³-hybridized carbons (Fsp3) is 0.571. The Hall–Kier alpha value is -0.960. The summed E-state index contributed by atoms with van der Waals surface area (Å²) in [7, 11) is 0. The average molecular weight is 271 g/mol. The fourth-order valence-electron chi connectivity index (χ4n) is 2.67. The molecule has 1 aliphatic rings. The maximum Gasteiger partial charge on any atom is 0.167 e.